The highest BCUT2D eigenvalue weighted by atomic mass is 16.5. The molecule has 0 saturated carbocycles. The van der Waals surface area contributed by atoms with Crippen LogP contribution >= 0.6 is 0 Å². The Morgan fingerprint density at radius 2 is 2.23 bits per heavy atom. The van der Waals surface area contributed by atoms with E-state index in [1.165, 1.54) is 0 Å². The third-order valence-corrected chi connectivity index (χ3v) is 5.00. The van der Waals surface area contributed by atoms with Gasteiger partial charge in [0.2, 0.25) is 11.8 Å². The number of imidazole rings is 1. The van der Waals surface area contributed by atoms with E-state index in [0.29, 0.717) is 39.0 Å². The Bertz CT molecular complexity index is 801. The quantitative estimate of drug-likeness (QED) is 0.819. The number of fused-ring (bicyclic) bond motifs is 1. The van der Waals surface area contributed by atoms with E-state index in [1.807, 2.05) is 36.9 Å². The van der Waals surface area contributed by atoms with Gasteiger partial charge in [-0.1, -0.05) is 0 Å². The van der Waals surface area contributed by atoms with E-state index < -0.39 is 0 Å². The van der Waals surface area contributed by atoms with Gasteiger partial charge in [0.25, 0.3) is 0 Å². The van der Waals surface area contributed by atoms with Crippen LogP contribution in [0.25, 0.3) is 11.0 Å². The minimum atomic E-state index is -0.220. The highest BCUT2D eigenvalue weighted by Gasteiger charge is 2.35. The molecule has 0 bridgehead atoms. The molecule has 0 aliphatic carbocycles. The minimum Gasteiger partial charge on any atom is -0.497 e. The van der Waals surface area contributed by atoms with E-state index in [4.69, 9.17) is 4.74 Å². The Kier molecular flexibility index (Phi) is 5.44. The molecule has 0 spiro atoms. The van der Waals surface area contributed by atoms with Crippen LogP contribution in [-0.2, 0) is 16.0 Å². The summed E-state index contributed by atoms with van der Waals surface area (Å²) in [4.78, 5) is 36.1. The molecule has 1 N–H and O–H groups in total. The molecule has 7 nitrogen and oxygen atoms in total. The van der Waals surface area contributed by atoms with Crippen LogP contribution < -0.4 is 4.74 Å². The summed E-state index contributed by atoms with van der Waals surface area (Å²) in [7, 11) is 1.64. The fourth-order valence-electron chi connectivity index (χ4n) is 3.45. The molecule has 2 aromatic rings. The molecular formula is C19H26N4O3. The summed E-state index contributed by atoms with van der Waals surface area (Å²) in [5, 5.41) is 0. The topological polar surface area (TPSA) is 78.5 Å². The lowest BCUT2D eigenvalue weighted by Crippen LogP contribution is -2.38. The van der Waals surface area contributed by atoms with Crippen LogP contribution in [-0.4, -0.2) is 64.9 Å². The first kappa shape index (κ1) is 18.2. The summed E-state index contributed by atoms with van der Waals surface area (Å²) < 4.78 is 5.23. The molecule has 7 heteroatoms. The van der Waals surface area contributed by atoms with Crippen molar-refractivity contribution in [3.05, 3.63) is 24.0 Å². The second kappa shape index (κ2) is 7.76. The van der Waals surface area contributed by atoms with Crippen LogP contribution in [0.2, 0.25) is 0 Å². The zero-order valence-corrected chi connectivity index (χ0v) is 15.6. The first-order chi connectivity index (χ1) is 12.5. The van der Waals surface area contributed by atoms with Crippen molar-refractivity contribution in [2.24, 2.45) is 5.92 Å². The van der Waals surface area contributed by atoms with Gasteiger partial charge in [0.1, 0.15) is 11.6 Å². The number of nitrogens with zero attached hydrogens (tertiary/aromatic N) is 3. The predicted molar refractivity (Wildman–Crippen MR) is 99.0 cm³/mol. The predicted octanol–water partition coefficient (Wildman–Crippen LogP) is 1.83. The molecule has 2 heterocycles. The lowest BCUT2D eigenvalue weighted by atomic mass is 10.1. The highest BCUT2D eigenvalue weighted by Crippen LogP contribution is 2.21. The third-order valence-electron chi connectivity index (χ3n) is 5.00. The van der Waals surface area contributed by atoms with Crippen LogP contribution in [0.15, 0.2) is 18.2 Å². The van der Waals surface area contributed by atoms with Crippen molar-refractivity contribution < 1.29 is 14.3 Å². The number of hydrogen-bond donors (Lipinski definition) is 1. The van der Waals surface area contributed by atoms with Crippen molar-refractivity contribution in [3.63, 3.8) is 0 Å². The molecule has 1 aliphatic rings. The second-order valence-electron chi connectivity index (χ2n) is 6.57. The molecule has 26 heavy (non-hydrogen) atoms. The summed E-state index contributed by atoms with van der Waals surface area (Å²) >= 11 is 0. The molecular weight excluding hydrogens is 332 g/mol. The summed E-state index contributed by atoms with van der Waals surface area (Å²) in [6, 6.07) is 5.71. The molecule has 1 aromatic heterocycles. The van der Waals surface area contributed by atoms with Gasteiger partial charge in [-0.3, -0.25) is 9.59 Å². The molecule has 0 unspecified atom stereocenters. The molecule has 1 saturated heterocycles. The Hall–Kier alpha value is -2.57. The molecule has 2 amide bonds. The van der Waals surface area contributed by atoms with Crippen LogP contribution in [0.4, 0.5) is 0 Å². The maximum Gasteiger partial charge on any atom is 0.227 e. The number of nitrogens with one attached hydrogen (secondary N) is 1. The number of methoxy groups -OCH3 is 1. The monoisotopic (exact) mass is 358 g/mol. The summed E-state index contributed by atoms with van der Waals surface area (Å²) in [6.45, 7) is 6.33. The number of carbonyl (C=O) groups excluding carboxylic acids is 2. The van der Waals surface area contributed by atoms with Crippen molar-refractivity contribution in [2.45, 2.75) is 26.7 Å². The molecule has 1 atom stereocenters. The van der Waals surface area contributed by atoms with Gasteiger partial charge < -0.3 is 19.5 Å². The number of rotatable bonds is 7. The van der Waals surface area contributed by atoms with E-state index >= 15 is 0 Å². The normalized spacial score (nSPS) is 17.1. The van der Waals surface area contributed by atoms with Gasteiger partial charge in [-0.25, -0.2) is 4.98 Å². The number of H-pyrrole nitrogens is 1. The highest BCUT2D eigenvalue weighted by molar-refractivity contribution is 5.89. The standard InChI is InChI=1S/C19H26N4O3/c1-4-22(19(25)13-10-18(24)23(5-2)12-13)9-8-17-20-15-7-6-14(26-3)11-16(15)21-17/h6-7,11,13H,4-5,8-10,12H2,1-3H3,(H,20,21)/t13-/m0/s1. The van der Waals surface area contributed by atoms with Gasteiger partial charge in [-0.15, -0.1) is 0 Å². The van der Waals surface area contributed by atoms with E-state index in [-0.39, 0.29) is 17.7 Å². The summed E-state index contributed by atoms with van der Waals surface area (Å²) in [5.41, 5.74) is 1.81. The lowest BCUT2D eigenvalue weighted by Gasteiger charge is -2.23. The number of aromatic nitrogens is 2. The number of hydrogen-bond acceptors (Lipinski definition) is 4. The number of ether oxygens (including phenoxy) is 1. The number of likely N-dealkylation sites (N-methyl/N-ethyl adjacent to an activating group) is 1. The number of likely N-dealkylation sites (tertiary alicyclic amines) is 1. The largest absolute Gasteiger partial charge is 0.497 e. The maximum atomic E-state index is 12.8. The van der Waals surface area contributed by atoms with Crippen molar-refractivity contribution in [2.75, 3.05) is 33.3 Å². The van der Waals surface area contributed by atoms with Crippen molar-refractivity contribution in [1.29, 1.82) is 0 Å². The summed E-state index contributed by atoms with van der Waals surface area (Å²) in [6.07, 6.45) is 0.975. The molecule has 1 aliphatic heterocycles. The van der Waals surface area contributed by atoms with Crippen LogP contribution in [0.5, 0.6) is 5.75 Å². The van der Waals surface area contributed by atoms with Gasteiger partial charge in [0, 0.05) is 45.1 Å². The fourth-order valence-corrected chi connectivity index (χ4v) is 3.45. The van der Waals surface area contributed by atoms with E-state index in [1.54, 1.807) is 12.0 Å². The van der Waals surface area contributed by atoms with Gasteiger partial charge >= 0.3 is 0 Å². The molecule has 1 fully saturated rings. The van der Waals surface area contributed by atoms with Gasteiger partial charge in [0.05, 0.1) is 24.1 Å². The average molecular weight is 358 g/mol. The first-order valence-corrected chi connectivity index (χ1v) is 9.14. The SMILES string of the molecule is CCN1C[C@@H](C(=O)N(CC)CCc2nc3ccc(OC)cc3[nH]2)CC1=O. The van der Waals surface area contributed by atoms with Crippen LogP contribution in [0, 0.1) is 5.92 Å². The Morgan fingerprint density at radius 3 is 2.88 bits per heavy atom. The van der Waals surface area contributed by atoms with Crippen molar-refractivity contribution >= 4 is 22.8 Å². The summed E-state index contributed by atoms with van der Waals surface area (Å²) in [5.74, 6) is 1.55. The van der Waals surface area contributed by atoms with Gasteiger partial charge in [-0.05, 0) is 26.0 Å². The minimum absolute atomic E-state index is 0.0644. The van der Waals surface area contributed by atoms with E-state index in [9.17, 15) is 9.59 Å². The smallest absolute Gasteiger partial charge is 0.227 e. The molecule has 3 rings (SSSR count). The number of carbonyl (C=O) groups is 2. The number of aromatic amines is 1. The third kappa shape index (κ3) is 3.66. The second-order valence-corrected chi connectivity index (χ2v) is 6.57. The van der Waals surface area contributed by atoms with Gasteiger partial charge in [0.15, 0.2) is 0 Å². The Labute approximate surface area is 153 Å². The van der Waals surface area contributed by atoms with E-state index in [2.05, 4.69) is 9.97 Å². The lowest BCUT2D eigenvalue weighted by molar-refractivity contribution is -0.135. The zero-order chi connectivity index (χ0) is 18.7. The average Bonchev–Trinajstić information content (AvgIpc) is 3.23. The maximum absolute atomic E-state index is 12.8. The number of benzene rings is 1. The van der Waals surface area contributed by atoms with Crippen LogP contribution in [0.3, 0.4) is 0 Å². The zero-order valence-electron chi connectivity index (χ0n) is 15.6. The molecule has 0 radical (unpaired) electrons. The van der Waals surface area contributed by atoms with Crippen molar-refractivity contribution in [3.8, 4) is 5.75 Å². The van der Waals surface area contributed by atoms with Gasteiger partial charge in [-0.2, -0.15) is 0 Å². The van der Waals surface area contributed by atoms with Crippen molar-refractivity contribution in [1.82, 2.24) is 19.8 Å². The number of amides is 2. The fraction of sp³-hybridized carbons (Fsp3) is 0.526. The first-order valence-electron chi connectivity index (χ1n) is 9.14. The van der Waals surface area contributed by atoms with Crippen LogP contribution in [0.1, 0.15) is 26.1 Å². The van der Waals surface area contributed by atoms with E-state index in [0.717, 1.165) is 22.6 Å². The Morgan fingerprint density at radius 1 is 1.42 bits per heavy atom. The molecule has 1 aromatic carbocycles. The Balaban J connectivity index is 1.63. The molecule has 140 valence electrons.